The molecule has 1 saturated heterocycles. The Morgan fingerprint density at radius 3 is 2.38 bits per heavy atom. The number of hydrogen-bond donors (Lipinski definition) is 1. The van der Waals surface area contributed by atoms with Crippen LogP contribution < -0.4 is 0 Å². The first-order chi connectivity index (χ1) is 6.24. The fourth-order valence-corrected chi connectivity index (χ4v) is 1.72. The van der Waals surface area contributed by atoms with Crippen LogP contribution in [0.15, 0.2) is 0 Å². The smallest absolute Gasteiger partial charge is 0.219 e. The van der Waals surface area contributed by atoms with Gasteiger partial charge in [0.1, 0.15) is 0 Å². The zero-order chi connectivity index (χ0) is 9.68. The molecule has 0 radical (unpaired) electrons. The summed E-state index contributed by atoms with van der Waals surface area (Å²) in [6.07, 6.45) is 1.14. The van der Waals surface area contributed by atoms with Crippen molar-refractivity contribution >= 4 is 18.5 Å². The molecule has 0 bridgehead atoms. The van der Waals surface area contributed by atoms with Crippen LogP contribution >= 0.6 is 12.6 Å². The summed E-state index contributed by atoms with van der Waals surface area (Å²) < 4.78 is 0. The summed E-state index contributed by atoms with van der Waals surface area (Å²) >= 11 is 4.18. The van der Waals surface area contributed by atoms with Crippen molar-refractivity contribution in [1.29, 1.82) is 0 Å². The lowest BCUT2D eigenvalue weighted by atomic mass is 10.3. The van der Waals surface area contributed by atoms with Crippen LogP contribution in [0.3, 0.4) is 0 Å². The number of hydrogen-bond acceptors (Lipinski definition) is 3. The third kappa shape index (κ3) is 3.56. The summed E-state index contributed by atoms with van der Waals surface area (Å²) in [7, 11) is 0. The van der Waals surface area contributed by atoms with Crippen molar-refractivity contribution in [2.45, 2.75) is 13.3 Å². The monoisotopic (exact) mass is 202 g/mol. The molecular weight excluding hydrogens is 184 g/mol. The molecule has 1 fully saturated rings. The zero-order valence-electron chi connectivity index (χ0n) is 8.20. The van der Waals surface area contributed by atoms with Crippen molar-refractivity contribution in [2.75, 3.05) is 38.5 Å². The van der Waals surface area contributed by atoms with E-state index in [-0.39, 0.29) is 5.91 Å². The highest BCUT2D eigenvalue weighted by atomic mass is 32.1. The van der Waals surface area contributed by atoms with Crippen LogP contribution in [0.25, 0.3) is 0 Å². The van der Waals surface area contributed by atoms with Crippen molar-refractivity contribution in [3.05, 3.63) is 0 Å². The first-order valence-corrected chi connectivity index (χ1v) is 5.46. The highest BCUT2D eigenvalue weighted by Gasteiger charge is 2.17. The highest BCUT2D eigenvalue weighted by molar-refractivity contribution is 7.80. The second-order valence-electron chi connectivity index (χ2n) is 3.42. The van der Waals surface area contributed by atoms with Crippen molar-refractivity contribution in [2.24, 2.45) is 0 Å². The molecule has 0 unspecified atom stereocenters. The van der Waals surface area contributed by atoms with Gasteiger partial charge in [-0.3, -0.25) is 9.69 Å². The zero-order valence-corrected chi connectivity index (χ0v) is 9.09. The molecule has 1 aliphatic heterocycles. The van der Waals surface area contributed by atoms with Gasteiger partial charge in [0.25, 0.3) is 0 Å². The normalized spacial score (nSPS) is 19.1. The van der Waals surface area contributed by atoms with Gasteiger partial charge < -0.3 is 4.90 Å². The largest absolute Gasteiger partial charge is 0.340 e. The van der Waals surface area contributed by atoms with Crippen LogP contribution in [0.5, 0.6) is 0 Å². The lowest BCUT2D eigenvalue weighted by molar-refractivity contribution is -0.130. The van der Waals surface area contributed by atoms with Gasteiger partial charge in [0.2, 0.25) is 5.91 Å². The number of piperazine rings is 1. The Kier molecular flexibility index (Phi) is 4.59. The maximum atomic E-state index is 11.0. The molecule has 0 saturated carbocycles. The van der Waals surface area contributed by atoms with E-state index in [4.69, 9.17) is 0 Å². The Balaban J connectivity index is 2.18. The van der Waals surface area contributed by atoms with Gasteiger partial charge in [-0.05, 0) is 18.7 Å². The lowest BCUT2D eigenvalue weighted by Gasteiger charge is -2.34. The molecule has 0 aromatic rings. The van der Waals surface area contributed by atoms with Crippen LogP contribution in [0.4, 0.5) is 0 Å². The summed E-state index contributed by atoms with van der Waals surface area (Å²) in [6.45, 7) is 6.59. The van der Waals surface area contributed by atoms with Gasteiger partial charge in [0, 0.05) is 33.1 Å². The average Bonchev–Trinajstić information content (AvgIpc) is 2.15. The van der Waals surface area contributed by atoms with Crippen molar-refractivity contribution in [3.63, 3.8) is 0 Å². The molecular formula is C9H18N2OS. The molecule has 0 aromatic heterocycles. The highest BCUT2D eigenvalue weighted by Crippen LogP contribution is 2.02. The van der Waals surface area contributed by atoms with Crippen LogP contribution in [-0.4, -0.2) is 54.2 Å². The Bertz CT molecular complexity index is 167. The van der Waals surface area contributed by atoms with Crippen LogP contribution in [0, 0.1) is 0 Å². The molecule has 0 spiro atoms. The molecule has 0 aromatic carbocycles. The number of rotatable bonds is 3. The molecule has 3 nitrogen and oxygen atoms in total. The summed E-state index contributed by atoms with van der Waals surface area (Å²) in [4.78, 5) is 15.3. The lowest BCUT2D eigenvalue weighted by Crippen LogP contribution is -2.48. The first kappa shape index (κ1) is 10.9. The number of carbonyl (C=O) groups is 1. The molecule has 13 heavy (non-hydrogen) atoms. The van der Waals surface area contributed by atoms with Gasteiger partial charge in [-0.1, -0.05) is 0 Å². The molecule has 1 rings (SSSR count). The second-order valence-corrected chi connectivity index (χ2v) is 3.87. The molecule has 0 atom stereocenters. The molecule has 1 aliphatic rings. The molecule has 76 valence electrons. The summed E-state index contributed by atoms with van der Waals surface area (Å²) in [5.74, 6) is 1.15. The second kappa shape index (κ2) is 5.50. The van der Waals surface area contributed by atoms with Gasteiger partial charge >= 0.3 is 0 Å². The molecule has 1 amide bonds. The maximum Gasteiger partial charge on any atom is 0.219 e. The minimum Gasteiger partial charge on any atom is -0.340 e. The minimum absolute atomic E-state index is 0.203. The van der Waals surface area contributed by atoms with E-state index in [1.165, 1.54) is 0 Å². The topological polar surface area (TPSA) is 23.6 Å². The van der Waals surface area contributed by atoms with Gasteiger partial charge in [0.05, 0.1) is 0 Å². The number of nitrogens with zero attached hydrogens (tertiary/aromatic N) is 2. The Hall–Kier alpha value is -0.220. The third-order valence-electron chi connectivity index (χ3n) is 2.45. The van der Waals surface area contributed by atoms with Crippen LogP contribution in [-0.2, 0) is 4.79 Å². The van der Waals surface area contributed by atoms with Gasteiger partial charge in [-0.15, -0.1) is 0 Å². The third-order valence-corrected chi connectivity index (χ3v) is 2.77. The molecule has 0 aliphatic carbocycles. The molecule has 1 heterocycles. The first-order valence-electron chi connectivity index (χ1n) is 4.83. The summed E-state index contributed by atoms with van der Waals surface area (Å²) in [6, 6.07) is 0. The van der Waals surface area contributed by atoms with Gasteiger partial charge in [-0.25, -0.2) is 0 Å². The summed E-state index contributed by atoms with van der Waals surface area (Å²) in [5.41, 5.74) is 0. The van der Waals surface area contributed by atoms with E-state index < -0.39 is 0 Å². The average molecular weight is 202 g/mol. The SMILES string of the molecule is CC(=O)N1CCN(CCCS)CC1. The number of thiol groups is 1. The van der Waals surface area contributed by atoms with Crippen molar-refractivity contribution in [3.8, 4) is 0 Å². The predicted molar refractivity (Wildman–Crippen MR) is 57.2 cm³/mol. The fraction of sp³-hybridized carbons (Fsp3) is 0.889. The van der Waals surface area contributed by atoms with Crippen molar-refractivity contribution in [1.82, 2.24) is 9.80 Å². The van der Waals surface area contributed by atoms with E-state index in [1.54, 1.807) is 6.92 Å². The maximum absolute atomic E-state index is 11.0. The number of carbonyl (C=O) groups excluding carboxylic acids is 1. The van der Waals surface area contributed by atoms with E-state index in [2.05, 4.69) is 17.5 Å². The Morgan fingerprint density at radius 2 is 1.92 bits per heavy atom. The van der Waals surface area contributed by atoms with Gasteiger partial charge in [0.15, 0.2) is 0 Å². The Morgan fingerprint density at radius 1 is 1.31 bits per heavy atom. The van der Waals surface area contributed by atoms with E-state index >= 15 is 0 Å². The predicted octanol–water partition coefficient (Wildman–Crippen LogP) is 0.470. The van der Waals surface area contributed by atoms with Crippen LogP contribution in [0.2, 0.25) is 0 Å². The molecule has 0 N–H and O–H groups in total. The minimum atomic E-state index is 0.203. The summed E-state index contributed by atoms with van der Waals surface area (Å²) in [5, 5.41) is 0. The van der Waals surface area contributed by atoms with E-state index in [9.17, 15) is 4.79 Å². The van der Waals surface area contributed by atoms with Gasteiger partial charge in [-0.2, -0.15) is 12.6 Å². The number of amides is 1. The van der Waals surface area contributed by atoms with Crippen LogP contribution in [0.1, 0.15) is 13.3 Å². The fourth-order valence-electron chi connectivity index (χ4n) is 1.58. The standard InChI is InChI=1S/C9H18N2OS/c1-9(12)11-6-4-10(5-7-11)3-2-8-13/h13H,2-8H2,1H3. The quantitative estimate of drug-likeness (QED) is 0.673. The van der Waals surface area contributed by atoms with E-state index in [0.717, 1.165) is 44.9 Å². The van der Waals surface area contributed by atoms with Crippen molar-refractivity contribution < 1.29 is 4.79 Å². The van der Waals surface area contributed by atoms with E-state index in [1.807, 2.05) is 4.90 Å². The van der Waals surface area contributed by atoms with E-state index in [0.29, 0.717) is 0 Å². The molecule has 4 heteroatoms. The Labute approximate surface area is 85.5 Å².